The van der Waals surface area contributed by atoms with Crippen LogP contribution in [0, 0.1) is 5.92 Å². The number of anilines is 2. The van der Waals surface area contributed by atoms with Crippen LogP contribution >= 0.6 is 0 Å². The largest absolute Gasteiger partial charge is 0.397 e. The number of nitrogens with two attached hydrogens (primary N) is 2. The third-order valence-corrected chi connectivity index (χ3v) is 5.79. The average molecular weight is 309 g/mol. The number of hydrogen-bond donors (Lipinski definition) is 2. The van der Waals surface area contributed by atoms with Gasteiger partial charge in [-0.05, 0) is 49.8 Å². The molecule has 3 rings (SSSR count). The van der Waals surface area contributed by atoms with Gasteiger partial charge in [-0.15, -0.1) is 0 Å². The molecule has 0 radical (unpaired) electrons. The lowest BCUT2D eigenvalue weighted by molar-refractivity contribution is 0.244. The topological polar surface area (TPSA) is 89.4 Å². The molecule has 116 valence electrons. The first-order chi connectivity index (χ1) is 9.97. The van der Waals surface area contributed by atoms with Crippen LogP contribution in [-0.4, -0.2) is 21.0 Å². The number of rotatable bonds is 2. The summed E-state index contributed by atoms with van der Waals surface area (Å²) in [5, 5.41) is 5.25. The zero-order valence-electron chi connectivity index (χ0n) is 12.2. The Balaban J connectivity index is 1.98. The van der Waals surface area contributed by atoms with E-state index in [2.05, 4.69) is 4.90 Å². The van der Waals surface area contributed by atoms with Crippen LogP contribution in [0.1, 0.15) is 38.5 Å². The molecule has 1 heterocycles. The smallest absolute Gasteiger partial charge is 0.238 e. The van der Waals surface area contributed by atoms with E-state index >= 15 is 0 Å². The average Bonchev–Trinajstić information content (AvgIpc) is 2.46. The van der Waals surface area contributed by atoms with Crippen molar-refractivity contribution in [3.8, 4) is 0 Å². The summed E-state index contributed by atoms with van der Waals surface area (Å²) in [5.41, 5.74) is 7.57. The van der Waals surface area contributed by atoms with Crippen LogP contribution < -0.4 is 15.8 Å². The highest BCUT2D eigenvalue weighted by molar-refractivity contribution is 7.89. The fourth-order valence-corrected chi connectivity index (χ4v) is 4.41. The molecule has 2 atom stereocenters. The molecular weight excluding hydrogens is 286 g/mol. The van der Waals surface area contributed by atoms with Gasteiger partial charge in [0.15, 0.2) is 0 Å². The Morgan fingerprint density at radius 1 is 1.10 bits per heavy atom. The molecule has 1 aliphatic heterocycles. The molecule has 1 aromatic carbocycles. The fraction of sp³-hybridized carbons (Fsp3) is 0.600. The Hall–Kier alpha value is -1.27. The van der Waals surface area contributed by atoms with E-state index in [4.69, 9.17) is 10.9 Å². The summed E-state index contributed by atoms with van der Waals surface area (Å²) in [6.45, 7) is 0.944. The number of primary sulfonamides is 1. The van der Waals surface area contributed by atoms with Gasteiger partial charge in [0.05, 0.1) is 16.3 Å². The zero-order chi connectivity index (χ0) is 15.0. The normalized spacial score (nSPS) is 26.4. The molecule has 0 spiro atoms. The van der Waals surface area contributed by atoms with Crippen molar-refractivity contribution in [3.63, 3.8) is 0 Å². The highest BCUT2D eigenvalue weighted by Crippen LogP contribution is 2.40. The van der Waals surface area contributed by atoms with Crippen LogP contribution in [0.2, 0.25) is 0 Å². The van der Waals surface area contributed by atoms with Crippen LogP contribution in [0.25, 0.3) is 0 Å². The number of fused-ring (bicyclic) bond motifs is 1. The van der Waals surface area contributed by atoms with Gasteiger partial charge in [-0.25, -0.2) is 13.6 Å². The molecule has 1 saturated heterocycles. The lowest BCUT2D eigenvalue weighted by atomic mass is 9.78. The van der Waals surface area contributed by atoms with Gasteiger partial charge in [0.25, 0.3) is 0 Å². The highest BCUT2D eigenvalue weighted by atomic mass is 32.2. The quantitative estimate of drug-likeness (QED) is 0.818. The molecule has 2 aliphatic rings. The molecular formula is C15H23N3O2S. The molecule has 2 fully saturated rings. The minimum absolute atomic E-state index is 0.143. The molecule has 21 heavy (non-hydrogen) atoms. The maximum Gasteiger partial charge on any atom is 0.238 e. The Morgan fingerprint density at radius 2 is 1.81 bits per heavy atom. The summed E-state index contributed by atoms with van der Waals surface area (Å²) in [4.78, 5) is 2.46. The molecule has 0 amide bonds. The number of piperidine rings is 1. The van der Waals surface area contributed by atoms with Crippen molar-refractivity contribution in [2.24, 2.45) is 11.1 Å². The molecule has 1 aliphatic carbocycles. The molecule has 1 saturated carbocycles. The predicted octanol–water partition coefficient (Wildman–Crippen LogP) is 2.08. The molecule has 0 bridgehead atoms. The first kappa shape index (κ1) is 14.7. The van der Waals surface area contributed by atoms with Gasteiger partial charge < -0.3 is 10.6 Å². The van der Waals surface area contributed by atoms with Crippen LogP contribution in [-0.2, 0) is 10.0 Å². The third kappa shape index (κ3) is 2.87. The Labute approximate surface area is 126 Å². The lowest BCUT2D eigenvalue weighted by Crippen LogP contribution is -2.47. The molecule has 6 heteroatoms. The van der Waals surface area contributed by atoms with Gasteiger partial charge in [-0.1, -0.05) is 12.8 Å². The summed E-state index contributed by atoms with van der Waals surface area (Å²) >= 11 is 0. The molecule has 1 aromatic rings. The number of benzene rings is 1. The van der Waals surface area contributed by atoms with E-state index in [1.165, 1.54) is 38.2 Å². The predicted molar refractivity (Wildman–Crippen MR) is 84.6 cm³/mol. The van der Waals surface area contributed by atoms with Crippen LogP contribution in [0.3, 0.4) is 0 Å². The number of sulfonamides is 1. The second-order valence-electron chi connectivity index (χ2n) is 6.21. The van der Waals surface area contributed by atoms with Gasteiger partial charge >= 0.3 is 0 Å². The van der Waals surface area contributed by atoms with Crippen LogP contribution in [0.5, 0.6) is 0 Å². The summed E-state index contributed by atoms with van der Waals surface area (Å²) in [5.74, 6) is 0.713. The van der Waals surface area contributed by atoms with Crippen molar-refractivity contribution in [1.29, 1.82) is 0 Å². The maximum absolute atomic E-state index is 11.6. The second kappa shape index (κ2) is 5.50. The Bertz CT molecular complexity index is 628. The Morgan fingerprint density at radius 3 is 2.57 bits per heavy atom. The standard InChI is InChI=1S/C15H23N3O2S/c16-13-8-7-12(21(17,19)20)10-15(13)18-9-3-5-11-4-1-2-6-14(11)18/h7-8,10-11,14H,1-6,9,16H2,(H2,17,19,20)/t11-,14-/m1/s1. The molecule has 4 N–H and O–H groups in total. The Kier molecular flexibility index (Phi) is 3.84. The van der Waals surface area contributed by atoms with E-state index in [9.17, 15) is 8.42 Å². The first-order valence-corrected chi connectivity index (χ1v) is 9.20. The van der Waals surface area contributed by atoms with Crippen molar-refractivity contribution >= 4 is 21.4 Å². The van der Waals surface area contributed by atoms with Crippen molar-refractivity contribution < 1.29 is 8.42 Å². The third-order valence-electron chi connectivity index (χ3n) is 4.88. The van der Waals surface area contributed by atoms with Gasteiger partial charge in [-0.3, -0.25) is 0 Å². The van der Waals surface area contributed by atoms with Crippen LogP contribution in [0.15, 0.2) is 23.1 Å². The monoisotopic (exact) mass is 309 g/mol. The summed E-state index contributed by atoms with van der Waals surface area (Å²) in [6.07, 6.45) is 7.41. The van der Waals surface area contributed by atoms with Gasteiger partial charge in [0, 0.05) is 12.6 Å². The van der Waals surface area contributed by atoms with Gasteiger partial charge in [-0.2, -0.15) is 0 Å². The van der Waals surface area contributed by atoms with Crippen molar-refractivity contribution in [2.75, 3.05) is 17.2 Å². The summed E-state index contributed by atoms with van der Waals surface area (Å²) < 4.78 is 23.2. The van der Waals surface area contributed by atoms with E-state index in [0.29, 0.717) is 17.6 Å². The SMILES string of the molecule is Nc1ccc(S(N)(=O)=O)cc1N1CCC[C@H]2CCCC[C@H]21. The zero-order valence-corrected chi connectivity index (χ0v) is 13.0. The molecule has 0 aromatic heterocycles. The minimum Gasteiger partial charge on any atom is -0.397 e. The number of nitrogens with zero attached hydrogens (tertiary/aromatic N) is 1. The van der Waals surface area contributed by atoms with E-state index in [1.54, 1.807) is 12.1 Å². The minimum atomic E-state index is -3.69. The summed E-state index contributed by atoms with van der Waals surface area (Å²) in [6, 6.07) is 5.27. The molecule has 0 unspecified atom stereocenters. The first-order valence-electron chi connectivity index (χ1n) is 7.66. The highest BCUT2D eigenvalue weighted by Gasteiger charge is 2.34. The van der Waals surface area contributed by atoms with E-state index in [0.717, 1.165) is 18.7 Å². The molecule has 5 nitrogen and oxygen atoms in total. The van der Waals surface area contributed by atoms with Crippen molar-refractivity contribution in [2.45, 2.75) is 49.5 Å². The van der Waals surface area contributed by atoms with E-state index in [1.807, 2.05) is 0 Å². The van der Waals surface area contributed by atoms with Crippen molar-refractivity contribution in [3.05, 3.63) is 18.2 Å². The summed E-state index contributed by atoms with van der Waals surface area (Å²) in [7, 11) is -3.69. The van der Waals surface area contributed by atoms with Gasteiger partial charge in [0.2, 0.25) is 10.0 Å². The van der Waals surface area contributed by atoms with E-state index < -0.39 is 10.0 Å². The fourth-order valence-electron chi connectivity index (χ4n) is 3.87. The lowest BCUT2D eigenvalue weighted by Gasteiger charge is -2.45. The second-order valence-corrected chi connectivity index (χ2v) is 7.77. The van der Waals surface area contributed by atoms with Crippen LogP contribution in [0.4, 0.5) is 11.4 Å². The number of nitrogen functional groups attached to an aromatic ring is 1. The van der Waals surface area contributed by atoms with Crippen molar-refractivity contribution in [1.82, 2.24) is 0 Å². The maximum atomic E-state index is 11.6. The van der Waals surface area contributed by atoms with Gasteiger partial charge in [0.1, 0.15) is 0 Å². The van der Waals surface area contributed by atoms with E-state index in [-0.39, 0.29) is 4.90 Å². The number of hydrogen-bond acceptors (Lipinski definition) is 4.